The number of hydrogen-bond donors (Lipinski definition) is 2. The van der Waals surface area contributed by atoms with Crippen LogP contribution < -0.4 is 4.74 Å². The van der Waals surface area contributed by atoms with E-state index in [1.807, 2.05) is 38.3 Å². The fourth-order valence-corrected chi connectivity index (χ4v) is 12.6. The van der Waals surface area contributed by atoms with E-state index in [1.54, 1.807) is 7.11 Å². The molecule has 1 aromatic carbocycles. The molecular formula is C33H58O6Si. The summed E-state index contributed by atoms with van der Waals surface area (Å²) in [7, 11) is 1.47. The molecule has 0 radical (unpaired) electrons. The average molecular weight is 579 g/mol. The maximum Gasteiger partial charge on any atom is 0.200 e. The number of aliphatic hydroxyl groups is 2. The van der Waals surface area contributed by atoms with Gasteiger partial charge in [-0.1, -0.05) is 66.7 Å². The summed E-state index contributed by atoms with van der Waals surface area (Å²) in [4.78, 5) is 0. The maximum atomic E-state index is 10.7. The first-order chi connectivity index (χ1) is 18.9. The molecule has 0 aromatic heterocycles. The summed E-state index contributed by atoms with van der Waals surface area (Å²) >= 11 is 0. The first kappa shape index (κ1) is 35.0. The minimum absolute atomic E-state index is 0.0487. The Hall–Kier alpha value is -1.22. The van der Waals surface area contributed by atoms with Gasteiger partial charge in [0.15, 0.2) is 0 Å². The lowest BCUT2D eigenvalue weighted by atomic mass is 9.82. The number of allylic oxidation sites excluding steroid dienone is 1. The van der Waals surface area contributed by atoms with Crippen molar-refractivity contribution in [1.29, 1.82) is 0 Å². The smallest absolute Gasteiger partial charge is 0.200 e. The van der Waals surface area contributed by atoms with Crippen LogP contribution in [0.2, 0.25) is 16.6 Å². The lowest BCUT2D eigenvalue weighted by molar-refractivity contribution is -0.0410. The van der Waals surface area contributed by atoms with Crippen molar-refractivity contribution < 1.29 is 28.8 Å². The van der Waals surface area contributed by atoms with Gasteiger partial charge in [-0.3, -0.25) is 0 Å². The van der Waals surface area contributed by atoms with Gasteiger partial charge in [0.05, 0.1) is 38.1 Å². The molecule has 1 saturated carbocycles. The molecule has 2 rings (SSSR count). The van der Waals surface area contributed by atoms with Crippen LogP contribution in [0.4, 0.5) is 0 Å². The second-order valence-corrected chi connectivity index (χ2v) is 18.2. The van der Waals surface area contributed by atoms with Crippen LogP contribution >= 0.6 is 0 Å². The highest BCUT2D eigenvalue weighted by Gasteiger charge is 2.48. The maximum absolute atomic E-state index is 10.7. The zero-order valence-corrected chi connectivity index (χ0v) is 27.9. The summed E-state index contributed by atoms with van der Waals surface area (Å²) in [6.45, 7) is 18.5. The van der Waals surface area contributed by atoms with Gasteiger partial charge < -0.3 is 28.8 Å². The van der Waals surface area contributed by atoms with Crippen molar-refractivity contribution in [2.24, 2.45) is 11.8 Å². The molecule has 1 aromatic rings. The summed E-state index contributed by atoms with van der Waals surface area (Å²) < 4.78 is 25.0. The Kier molecular flexibility index (Phi) is 14.4. The molecule has 7 heteroatoms. The van der Waals surface area contributed by atoms with Crippen molar-refractivity contribution >= 4 is 8.32 Å². The van der Waals surface area contributed by atoms with Gasteiger partial charge in [-0.05, 0) is 78.4 Å². The molecule has 0 aliphatic heterocycles. The van der Waals surface area contributed by atoms with Crippen LogP contribution in [0.5, 0.6) is 5.75 Å². The van der Waals surface area contributed by atoms with E-state index in [-0.39, 0.29) is 30.8 Å². The van der Waals surface area contributed by atoms with Gasteiger partial charge >= 0.3 is 0 Å². The standard InChI is InChI=1S/C33H58O6Si/c1-22(2)40(23(3)4,24(5)6)39-31-16-13-28(20-32(31)37-10)19-25(7)33(26(8)30(35)17-18-34)38-21-27-11-14-29(36-9)15-12-27/h11-12,14-15,19,22-24,26,28,30-35H,13,16-18,20-21H2,1-10H3/b25-19+/t26-,28+,30+,31-,32-,33-/m1/s1. The first-order valence-corrected chi connectivity index (χ1v) is 17.5. The Labute approximate surface area is 245 Å². The Morgan fingerprint density at radius 2 is 1.55 bits per heavy atom. The van der Waals surface area contributed by atoms with Crippen molar-refractivity contribution in [2.75, 3.05) is 20.8 Å². The molecule has 1 fully saturated rings. The summed E-state index contributed by atoms with van der Waals surface area (Å²) in [6, 6.07) is 7.87. The minimum Gasteiger partial charge on any atom is -0.497 e. The van der Waals surface area contributed by atoms with Crippen LogP contribution in [0.1, 0.15) is 86.6 Å². The Bertz CT molecular complexity index is 862. The van der Waals surface area contributed by atoms with E-state index in [0.717, 1.165) is 36.1 Å². The van der Waals surface area contributed by atoms with E-state index >= 15 is 0 Å². The Morgan fingerprint density at radius 3 is 2.05 bits per heavy atom. The number of ether oxygens (including phenoxy) is 3. The van der Waals surface area contributed by atoms with Gasteiger partial charge in [-0.15, -0.1) is 0 Å². The van der Waals surface area contributed by atoms with Crippen LogP contribution in [-0.2, 0) is 20.5 Å². The van der Waals surface area contributed by atoms with Crippen molar-refractivity contribution in [3.63, 3.8) is 0 Å². The molecule has 6 atom stereocenters. The monoisotopic (exact) mass is 578 g/mol. The quantitative estimate of drug-likeness (QED) is 0.159. The minimum atomic E-state index is -2.00. The summed E-state index contributed by atoms with van der Waals surface area (Å²) in [5, 5.41) is 20.2. The predicted octanol–water partition coefficient (Wildman–Crippen LogP) is 7.28. The van der Waals surface area contributed by atoms with Crippen molar-refractivity contribution in [2.45, 2.75) is 129 Å². The van der Waals surface area contributed by atoms with E-state index in [0.29, 0.717) is 35.6 Å². The molecular weight excluding hydrogens is 520 g/mol. The van der Waals surface area contributed by atoms with E-state index < -0.39 is 14.4 Å². The van der Waals surface area contributed by atoms with Crippen LogP contribution in [0.25, 0.3) is 0 Å². The largest absolute Gasteiger partial charge is 0.497 e. The predicted molar refractivity (Wildman–Crippen MR) is 166 cm³/mol. The molecule has 0 amide bonds. The molecule has 0 spiro atoms. The molecule has 2 N–H and O–H groups in total. The van der Waals surface area contributed by atoms with Crippen molar-refractivity contribution in [3.05, 3.63) is 41.5 Å². The van der Waals surface area contributed by atoms with Gasteiger partial charge in [-0.2, -0.15) is 0 Å². The Balaban J connectivity index is 2.21. The highest BCUT2D eigenvalue weighted by atomic mass is 28.4. The molecule has 230 valence electrons. The van der Waals surface area contributed by atoms with E-state index in [4.69, 9.17) is 18.6 Å². The topological polar surface area (TPSA) is 77.4 Å². The van der Waals surface area contributed by atoms with Gasteiger partial charge in [0.25, 0.3) is 0 Å². The second kappa shape index (κ2) is 16.4. The van der Waals surface area contributed by atoms with Gasteiger partial charge in [-0.25, -0.2) is 0 Å². The number of rotatable bonds is 16. The average Bonchev–Trinajstić information content (AvgIpc) is 2.91. The van der Waals surface area contributed by atoms with E-state index in [9.17, 15) is 10.2 Å². The van der Waals surface area contributed by atoms with Crippen molar-refractivity contribution in [3.8, 4) is 5.75 Å². The SMILES string of the molecule is COc1ccc(CO[C@H](/C(C)=C/[C@@H]2CC[C@@H](O[Si](C(C)C)(C(C)C)C(C)C)[C@H](OC)C2)[C@H](C)[C@@H](O)CCO)cc1. The van der Waals surface area contributed by atoms with Gasteiger partial charge in [0.1, 0.15) is 5.75 Å². The molecule has 1 aliphatic carbocycles. The first-order valence-electron chi connectivity index (χ1n) is 15.3. The third-order valence-electron chi connectivity index (χ3n) is 9.18. The van der Waals surface area contributed by atoms with Crippen molar-refractivity contribution in [1.82, 2.24) is 0 Å². The molecule has 6 nitrogen and oxygen atoms in total. The fourth-order valence-electron chi connectivity index (χ4n) is 7.01. The van der Waals surface area contributed by atoms with Gasteiger partial charge in [0, 0.05) is 19.6 Å². The fraction of sp³-hybridized carbons (Fsp3) is 0.758. The number of hydrogen-bond acceptors (Lipinski definition) is 6. The number of methoxy groups -OCH3 is 2. The van der Waals surface area contributed by atoms with E-state index in [1.165, 1.54) is 0 Å². The van der Waals surface area contributed by atoms with Crippen LogP contribution in [-0.4, -0.2) is 63.8 Å². The Morgan fingerprint density at radius 1 is 0.950 bits per heavy atom. The molecule has 0 bridgehead atoms. The number of benzene rings is 1. The summed E-state index contributed by atoms with van der Waals surface area (Å²) in [5.41, 5.74) is 3.79. The molecule has 1 aliphatic rings. The van der Waals surface area contributed by atoms with Crippen LogP contribution in [0, 0.1) is 11.8 Å². The third-order valence-corrected chi connectivity index (χ3v) is 15.3. The lowest BCUT2D eigenvalue weighted by Crippen LogP contribution is -2.53. The third kappa shape index (κ3) is 8.89. The summed E-state index contributed by atoms with van der Waals surface area (Å²) in [5.74, 6) is 1.01. The molecule has 0 saturated heterocycles. The normalized spacial score (nSPS) is 23.1. The second-order valence-electron chi connectivity index (χ2n) is 12.8. The van der Waals surface area contributed by atoms with Crippen LogP contribution in [0.3, 0.4) is 0 Å². The number of aliphatic hydroxyl groups excluding tert-OH is 2. The zero-order chi connectivity index (χ0) is 30.0. The lowest BCUT2D eigenvalue weighted by Gasteiger charge is -2.47. The van der Waals surface area contributed by atoms with Gasteiger partial charge in [0.2, 0.25) is 8.32 Å². The molecule has 0 heterocycles. The summed E-state index contributed by atoms with van der Waals surface area (Å²) in [6.07, 6.45) is 4.87. The zero-order valence-electron chi connectivity index (χ0n) is 26.9. The van der Waals surface area contributed by atoms with Crippen LogP contribution in [0.15, 0.2) is 35.9 Å². The molecule has 0 unspecified atom stereocenters. The molecule has 40 heavy (non-hydrogen) atoms. The highest BCUT2D eigenvalue weighted by Crippen LogP contribution is 2.45. The van der Waals surface area contributed by atoms with E-state index in [2.05, 4.69) is 54.5 Å². The highest BCUT2D eigenvalue weighted by molar-refractivity contribution is 6.77.